The first kappa shape index (κ1) is 20.0. The number of hydrogen-bond acceptors (Lipinski definition) is 3. The predicted molar refractivity (Wildman–Crippen MR) is 112 cm³/mol. The molecule has 1 aromatic heterocycles. The summed E-state index contributed by atoms with van der Waals surface area (Å²) in [6, 6.07) is 12.5. The minimum absolute atomic E-state index is 0.366. The van der Waals surface area contributed by atoms with Gasteiger partial charge in [-0.2, -0.15) is 4.99 Å². The quantitative estimate of drug-likeness (QED) is 0.654. The van der Waals surface area contributed by atoms with Crippen molar-refractivity contribution in [2.45, 2.75) is 46.1 Å². The zero-order valence-electron chi connectivity index (χ0n) is 16.3. The summed E-state index contributed by atoms with van der Waals surface area (Å²) in [5.74, 6) is -1.29. The Balaban J connectivity index is 2.19. The summed E-state index contributed by atoms with van der Waals surface area (Å²) in [6.07, 6.45) is 2.40. The van der Waals surface area contributed by atoms with E-state index in [2.05, 4.69) is 18.0 Å². The van der Waals surface area contributed by atoms with Crippen LogP contribution in [0.15, 0.2) is 47.5 Å². The molecule has 1 atom stereocenters. The van der Waals surface area contributed by atoms with Gasteiger partial charge >= 0.3 is 5.97 Å². The van der Waals surface area contributed by atoms with Crippen molar-refractivity contribution >= 4 is 33.4 Å². The van der Waals surface area contributed by atoms with Gasteiger partial charge < -0.3 is 9.67 Å². The fourth-order valence-corrected chi connectivity index (χ4v) is 4.36. The Morgan fingerprint density at radius 2 is 1.86 bits per heavy atom. The Kier molecular flexibility index (Phi) is 6.09. The van der Waals surface area contributed by atoms with Crippen molar-refractivity contribution in [2.75, 3.05) is 0 Å². The van der Waals surface area contributed by atoms with E-state index >= 15 is 0 Å². The molecule has 0 aliphatic carbocycles. The molecular formula is C22H24N2O3S. The minimum atomic E-state index is -0.927. The van der Waals surface area contributed by atoms with Crippen LogP contribution in [-0.4, -0.2) is 21.6 Å². The molecule has 0 fully saturated rings. The maximum absolute atomic E-state index is 12.7. The molecule has 28 heavy (non-hydrogen) atoms. The molecule has 3 aromatic rings. The third-order valence-electron chi connectivity index (χ3n) is 4.71. The number of carbonyl (C=O) groups is 2. The molecule has 1 heterocycles. The number of benzene rings is 2. The van der Waals surface area contributed by atoms with E-state index in [4.69, 9.17) is 0 Å². The van der Waals surface area contributed by atoms with Crippen LogP contribution in [0.1, 0.15) is 54.2 Å². The topological polar surface area (TPSA) is 71.7 Å². The first-order valence-corrected chi connectivity index (χ1v) is 10.3. The van der Waals surface area contributed by atoms with Crippen LogP contribution in [0.2, 0.25) is 0 Å². The van der Waals surface area contributed by atoms with Crippen LogP contribution < -0.4 is 4.80 Å². The molecule has 0 saturated heterocycles. The first-order chi connectivity index (χ1) is 13.4. The number of aromatic nitrogens is 1. The van der Waals surface area contributed by atoms with Crippen LogP contribution in [-0.2, 0) is 11.2 Å². The second-order valence-electron chi connectivity index (χ2n) is 6.85. The molecular weight excluding hydrogens is 372 g/mol. The van der Waals surface area contributed by atoms with E-state index in [0.717, 1.165) is 28.6 Å². The maximum Gasteiger partial charge on any atom is 0.326 e. The highest BCUT2D eigenvalue weighted by Gasteiger charge is 2.22. The van der Waals surface area contributed by atoms with Gasteiger partial charge in [-0.25, -0.2) is 4.79 Å². The third-order valence-corrected chi connectivity index (χ3v) is 5.73. The standard InChI is InChI=1S/C22H24N2O3S/c1-4-6-15-9-12-18-19(13-15)28-22(24(18)17(5-2)21(26)27)23-20(25)16-10-7-14(3)8-11-16/h7-13,17H,4-6H2,1-3H3,(H,26,27). The zero-order chi connectivity index (χ0) is 20.3. The van der Waals surface area contributed by atoms with Gasteiger partial charge in [0.1, 0.15) is 6.04 Å². The van der Waals surface area contributed by atoms with Gasteiger partial charge in [-0.1, -0.05) is 55.4 Å². The minimum Gasteiger partial charge on any atom is -0.480 e. The summed E-state index contributed by atoms with van der Waals surface area (Å²) in [5, 5.41) is 9.71. The lowest BCUT2D eigenvalue weighted by atomic mass is 10.1. The van der Waals surface area contributed by atoms with Crippen LogP contribution in [0, 0.1) is 6.92 Å². The van der Waals surface area contributed by atoms with Gasteiger partial charge in [-0.3, -0.25) is 4.79 Å². The Hall–Kier alpha value is -2.73. The second-order valence-corrected chi connectivity index (χ2v) is 7.86. The summed E-state index contributed by atoms with van der Waals surface area (Å²) >= 11 is 1.36. The molecule has 1 amide bonds. The van der Waals surface area contributed by atoms with Gasteiger partial charge in [0.2, 0.25) is 0 Å². The van der Waals surface area contributed by atoms with E-state index in [9.17, 15) is 14.7 Å². The smallest absolute Gasteiger partial charge is 0.326 e. The van der Waals surface area contributed by atoms with Crippen molar-refractivity contribution in [3.05, 3.63) is 64.0 Å². The monoisotopic (exact) mass is 396 g/mol. The maximum atomic E-state index is 12.7. The van der Waals surface area contributed by atoms with Crippen LogP contribution in [0.4, 0.5) is 0 Å². The molecule has 6 heteroatoms. The Morgan fingerprint density at radius 1 is 1.14 bits per heavy atom. The van der Waals surface area contributed by atoms with E-state index < -0.39 is 12.0 Å². The van der Waals surface area contributed by atoms with E-state index in [0.29, 0.717) is 16.8 Å². The van der Waals surface area contributed by atoms with Gasteiger partial charge in [0.15, 0.2) is 4.80 Å². The predicted octanol–water partition coefficient (Wildman–Crippen LogP) is 4.74. The highest BCUT2D eigenvalue weighted by Crippen LogP contribution is 2.24. The van der Waals surface area contributed by atoms with Gasteiger partial charge in [0, 0.05) is 5.56 Å². The molecule has 1 unspecified atom stereocenters. The number of carboxylic acids is 1. The lowest BCUT2D eigenvalue weighted by molar-refractivity contribution is -0.140. The summed E-state index contributed by atoms with van der Waals surface area (Å²) in [6.45, 7) is 5.90. The van der Waals surface area contributed by atoms with Crippen molar-refractivity contribution in [2.24, 2.45) is 4.99 Å². The summed E-state index contributed by atoms with van der Waals surface area (Å²) in [5.41, 5.74) is 3.55. The number of hydrogen-bond donors (Lipinski definition) is 1. The molecule has 0 spiro atoms. The van der Waals surface area contributed by atoms with E-state index in [-0.39, 0.29) is 5.91 Å². The number of nitrogens with zero attached hydrogens (tertiary/aromatic N) is 2. The largest absolute Gasteiger partial charge is 0.480 e. The fourth-order valence-electron chi connectivity index (χ4n) is 3.23. The van der Waals surface area contributed by atoms with Crippen LogP contribution >= 0.6 is 11.3 Å². The summed E-state index contributed by atoms with van der Waals surface area (Å²) in [4.78, 5) is 29.3. The van der Waals surface area contributed by atoms with Crippen molar-refractivity contribution in [3.63, 3.8) is 0 Å². The number of aryl methyl sites for hydroxylation is 2. The first-order valence-electron chi connectivity index (χ1n) is 9.47. The van der Waals surface area contributed by atoms with E-state index in [1.807, 2.05) is 38.1 Å². The highest BCUT2D eigenvalue weighted by molar-refractivity contribution is 7.16. The molecule has 0 aliphatic heterocycles. The van der Waals surface area contributed by atoms with Crippen molar-refractivity contribution in [3.8, 4) is 0 Å². The van der Waals surface area contributed by atoms with Gasteiger partial charge in [-0.15, -0.1) is 0 Å². The molecule has 2 aromatic carbocycles. The fraction of sp³-hybridized carbons (Fsp3) is 0.318. The molecule has 3 rings (SSSR count). The average Bonchev–Trinajstić information content (AvgIpc) is 3.00. The van der Waals surface area contributed by atoms with Crippen molar-refractivity contribution < 1.29 is 14.7 Å². The Bertz CT molecular complexity index is 1080. The third kappa shape index (κ3) is 4.07. The number of aliphatic carboxylic acids is 1. The second kappa shape index (κ2) is 8.52. The summed E-state index contributed by atoms with van der Waals surface area (Å²) in [7, 11) is 0. The summed E-state index contributed by atoms with van der Waals surface area (Å²) < 4.78 is 2.63. The van der Waals surface area contributed by atoms with Crippen molar-refractivity contribution in [1.29, 1.82) is 0 Å². The zero-order valence-corrected chi connectivity index (χ0v) is 17.1. The molecule has 0 saturated carbocycles. The number of carbonyl (C=O) groups excluding carboxylic acids is 1. The van der Waals surface area contributed by atoms with Crippen molar-refractivity contribution in [1.82, 2.24) is 4.57 Å². The number of thiazole rings is 1. The van der Waals surface area contributed by atoms with Gasteiger partial charge in [0.05, 0.1) is 10.2 Å². The molecule has 0 radical (unpaired) electrons. The Morgan fingerprint density at radius 3 is 2.46 bits per heavy atom. The number of amides is 1. The van der Waals surface area contributed by atoms with Crippen LogP contribution in [0.25, 0.3) is 10.2 Å². The van der Waals surface area contributed by atoms with Gasteiger partial charge in [0.25, 0.3) is 5.91 Å². The lowest BCUT2D eigenvalue weighted by Gasteiger charge is -2.13. The number of fused-ring (bicyclic) bond motifs is 1. The van der Waals surface area contributed by atoms with E-state index in [1.165, 1.54) is 16.9 Å². The normalized spacial score (nSPS) is 13.0. The number of carboxylic acid groups (broad SMARTS) is 1. The van der Waals surface area contributed by atoms with Crippen LogP contribution in [0.5, 0.6) is 0 Å². The number of rotatable bonds is 6. The van der Waals surface area contributed by atoms with E-state index in [1.54, 1.807) is 16.7 Å². The average molecular weight is 397 g/mol. The highest BCUT2D eigenvalue weighted by atomic mass is 32.1. The molecule has 5 nitrogen and oxygen atoms in total. The molecule has 0 bridgehead atoms. The Labute approximate surface area is 168 Å². The van der Waals surface area contributed by atoms with Gasteiger partial charge in [-0.05, 0) is 49.6 Å². The SMILES string of the molecule is CCCc1ccc2c(c1)sc(=NC(=O)c1ccc(C)cc1)n2C(CC)C(=O)O. The molecule has 0 aliphatic rings. The lowest BCUT2D eigenvalue weighted by Crippen LogP contribution is -2.27. The molecule has 1 N–H and O–H groups in total. The van der Waals surface area contributed by atoms with Crippen LogP contribution in [0.3, 0.4) is 0 Å². The molecule has 146 valence electrons.